The van der Waals surface area contributed by atoms with Crippen LogP contribution in [0.4, 0.5) is 5.13 Å². The molecular weight excluding hydrogens is 330 g/mol. The fourth-order valence-corrected chi connectivity index (χ4v) is 3.70. The minimum absolute atomic E-state index is 0.826. The van der Waals surface area contributed by atoms with Crippen molar-refractivity contribution >= 4 is 27.4 Å². The number of nitrogens with one attached hydrogen (secondary N) is 1. The summed E-state index contributed by atoms with van der Waals surface area (Å²) in [6, 6.07) is 16.7. The molecule has 0 amide bonds. The van der Waals surface area contributed by atoms with Crippen molar-refractivity contribution in [1.29, 1.82) is 0 Å². The Morgan fingerprint density at radius 2 is 2.00 bits per heavy atom. The average molecular weight is 349 g/mol. The topological polar surface area (TPSA) is 39.1 Å². The van der Waals surface area contributed by atoms with Crippen molar-refractivity contribution in [3.8, 4) is 17.0 Å². The van der Waals surface area contributed by atoms with Gasteiger partial charge in [0.25, 0.3) is 0 Å². The Bertz CT molecular complexity index is 1000. The number of aromatic nitrogens is 2. The third-order valence-corrected chi connectivity index (χ3v) is 5.14. The zero-order valence-corrected chi connectivity index (χ0v) is 15.0. The van der Waals surface area contributed by atoms with Gasteiger partial charge in [-0.15, -0.1) is 11.3 Å². The molecule has 0 radical (unpaired) electrons. The lowest BCUT2D eigenvalue weighted by Gasteiger charge is -2.06. The van der Waals surface area contributed by atoms with Crippen molar-refractivity contribution in [2.75, 3.05) is 19.5 Å². The number of methoxy groups -OCH3 is 1. The van der Waals surface area contributed by atoms with Gasteiger partial charge < -0.3 is 14.6 Å². The molecule has 0 unspecified atom stereocenters. The van der Waals surface area contributed by atoms with Crippen molar-refractivity contribution in [1.82, 2.24) is 9.55 Å². The molecule has 0 aliphatic rings. The van der Waals surface area contributed by atoms with Gasteiger partial charge >= 0.3 is 0 Å². The molecule has 4 nitrogen and oxygen atoms in total. The monoisotopic (exact) mass is 349 g/mol. The van der Waals surface area contributed by atoms with Crippen molar-refractivity contribution in [3.63, 3.8) is 0 Å². The van der Waals surface area contributed by atoms with Gasteiger partial charge in [0.2, 0.25) is 0 Å². The molecule has 0 aliphatic carbocycles. The lowest BCUT2D eigenvalue weighted by molar-refractivity contribution is 0.415. The minimum Gasteiger partial charge on any atom is -0.497 e. The molecule has 0 aliphatic heterocycles. The highest BCUT2D eigenvalue weighted by Gasteiger charge is 2.14. The Hall–Kier alpha value is -2.79. The Morgan fingerprint density at radius 1 is 1.16 bits per heavy atom. The summed E-state index contributed by atoms with van der Waals surface area (Å²) in [6.45, 7) is 0.826. The second-order valence-corrected chi connectivity index (χ2v) is 6.69. The highest BCUT2D eigenvalue weighted by molar-refractivity contribution is 7.14. The summed E-state index contributed by atoms with van der Waals surface area (Å²) in [5.74, 6) is 0.857. The van der Waals surface area contributed by atoms with Crippen molar-refractivity contribution in [3.05, 3.63) is 65.7 Å². The number of benzene rings is 2. The molecule has 0 fully saturated rings. The van der Waals surface area contributed by atoms with E-state index < -0.39 is 0 Å². The molecule has 2 aromatic heterocycles. The first-order valence-corrected chi connectivity index (χ1v) is 9.01. The number of anilines is 1. The van der Waals surface area contributed by atoms with Crippen LogP contribution in [0.1, 0.15) is 5.56 Å². The fraction of sp³-hybridized carbons (Fsp3) is 0.150. The van der Waals surface area contributed by atoms with Gasteiger partial charge in [0.05, 0.1) is 12.8 Å². The predicted octanol–water partition coefficient (Wildman–Crippen LogP) is 4.86. The van der Waals surface area contributed by atoms with Crippen LogP contribution in [0.5, 0.6) is 5.75 Å². The smallest absolute Gasteiger partial charge is 0.182 e. The number of hydrogen-bond donors (Lipinski definition) is 1. The zero-order chi connectivity index (χ0) is 17.2. The van der Waals surface area contributed by atoms with Gasteiger partial charge in [-0.05, 0) is 23.8 Å². The second-order valence-electron chi connectivity index (χ2n) is 5.83. The third kappa shape index (κ3) is 2.98. The van der Waals surface area contributed by atoms with Crippen LogP contribution >= 0.6 is 11.3 Å². The van der Waals surface area contributed by atoms with Crippen molar-refractivity contribution < 1.29 is 4.74 Å². The number of ether oxygens (including phenoxy) is 1. The Labute approximate surface area is 150 Å². The standard InChI is InChI=1S/C20H19N3OS/c1-21-20-22-18(13-25-20)17-12-23(11-14-6-4-3-5-7-14)19-9-8-15(24-2)10-16(17)19/h3-10,12-13H,11H2,1-2H3,(H,21,22). The Morgan fingerprint density at radius 3 is 2.72 bits per heavy atom. The van der Waals surface area contributed by atoms with E-state index in [4.69, 9.17) is 4.74 Å². The molecule has 5 heteroatoms. The highest BCUT2D eigenvalue weighted by Crippen LogP contribution is 2.35. The maximum atomic E-state index is 5.43. The van der Waals surface area contributed by atoms with E-state index in [0.717, 1.165) is 34.1 Å². The van der Waals surface area contributed by atoms with Gasteiger partial charge in [0.1, 0.15) is 5.75 Å². The number of hydrogen-bond acceptors (Lipinski definition) is 4. The van der Waals surface area contributed by atoms with Gasteiger partial charge in [-0.3, -0.25) is 0 Å². The van der Waals surface area contributed by atoms with Crippen LogP contribution in [0.2, 0.25) is 0 Å². The molecule has 1 N–H and O–H groups in total. The molecular formula is C20H19N3OS. The van der Waals surface area contributed by atoms with E-state index in [1.54, 1.807) is 18.4 Å². The normalized spacial score (nSPS) is 11.0. The number of rotatable bonds is 5. The van der Waals surface area contributed by atoms with Gasteiger partial charge in [-0.2, -0.15) is 0 Å². The van der Waals surface area contributed by atoms with Crippen LogP contribution in [0, 0.1) is 0 Å². The summed E-state index contributed by atoms with van der Waals surface area (Å²) >= 11 is 1.61. The third-order valence-electron chi connectivity index (χ3n) is 4.28. The highest BCUT2D eigenvalue weighted by atomic mass is 32.1. The zero-order valence-electron chi connectivity index (χ0n) is 14.2. The molecule has 0 saturated heterocycles. The second kappa shape index (κ2) is 6.61. The van der Waals surface area contributed by atoms with Gasteiger partial charge in [-0.1, -0.05) is 30.3 Å². The largest absolute Gasteiger partial charge is 0.497 e. The van der Waals surface area contributed by atoms with Crippen molar-refractivity contribution in [2.45, 2.75) is 6.54 Å². The van der Waals surface area contributed by atoms with E-state index in [-0.39, 0.29) is 0 Å². The van der Waals surface area contributed by atoms with Crippen LogP contribution in [-0.2, 0) is 6.54 Å². The van der Waals surface area contributed by atoms with Crippen LogP contribution < -0.4 is 10.1 Å². The lowest BCUT2D eigenvalue weighted by Crippen LogP contribution is -1.97. The van der Waals surface area contributed by atoms with Crippen LogP contribution in [0.15, 0.2) is 60.1 Å². The molecule has 126 valence electrons. The molecule has 0 atom stereocenters. The summed E-state index contributed by atoms with van der Waals surface area (Å²) in [5.41, 5.74) is 4.57. The predicted molar refractivity (Wildman–Crippen MR) is 105 cm³/mol. The van der Waals surface area contributed by atoms with Crippen molar-refractivity contribution in [2.24, 2.45) is 0 Å². The molecule has 2 aromatic carbocycles. The first-order chi connectivity index (χ1) is 12.3. The van der Waals surface area contributed by atoms with E-state index >= 15 is 0 Å². The SMILES string of the molecule is CNc1nc(-c2cn(Cc3ccccc3)c3ccc(OC)cc23)cs1. The van der Waals surface area contributed by atoms with E-state index in [2.05, 4.69) is 62.8 Å². The maximum Gasteiger partial charge on any atom is 0.182 e. The quantitative estimate of drug-likeness (QED) is 0.559. The first kappa shape index (κ1) is 15.7. The van der Waals surface area contributed by atoms with Crippen LogP contribution in [0.25, 0.3) is 22.2 Å². The molecule has 2 heterocycles. The molecule has 4 rings (SSSR count). The lowest BCUT2D eigenvalue weighted by atomic mass is 10.1. The van der Waals surface area contributed by atoms with Crippen LogP contribution in [-0.4, -0.2) is 23.7 Å². The van der Waals surface area contributed by atoms with E-state index in [1.807, 2.05) is 19.2 Å². The molecule has 0 bridgehead atoms. The van der Waals surface area contributed by atoms with E-state index in [1.165, 1.54) is 11.1 Å². The van der Waals surface area contributed by atoms with Gasteiger partial charge in [0.15, 0.2) is 5.13 Å². The summed E-state index contributed by atoms with van der Waals surface area (Å²) in [7, 11) is 3.59. The number of nitrogens with zero attached hydrogens (tertiary/aromatic N) is 2. The average Bonchev–Trinajstić information content (AvgIpc) is 3.27. The van der Waals surface area contributed by atoms with E-state index in [0.29, 0.717) is 0 Å². The number of thiazole rings is 1. The van der Waals surface area contributed by atoms with E-state index in [9.17, 15) is 0 Å². The molecule has 0 saturated carbocycles. The fourth-order valence-electron chi connectivity index (χ4n) is 3.03. The molecule has 0 spiro atoms. The maximum absolute atomic E-state index is 5.43. The Kier molecular flexibility index (Phi) is 4.15. The first-order valence-electron chi connectivity index (χ1n) is 8.13. The summed E-state index contributed by atoms with van der Waals surface area (Å²) < 4.78 is 7.70. The van der Waals surface area contributed by atoms with Gasteiger partial charge in [-0.25, -0.2) is 4.98 Å². The number of fused-ring (bicyclic) bond motifs is 1. The Balaban J connectivity index is 1.86. The molecule has 25 heavy (non-hydrogen) atoms. The molecule has 4 aromatic rings. The minimum atomic E-state index is 0.826. The van der Waals surface area contributed by atoms with Crippen LogP contribution in [0.3, 0.4) is 0 Å². The summed E-state index contributed by atoms with van der Waals surface area (Å²) in [4.78, 5) is 4.68. The summed E-state index contributed by atoms with van der Waals surface area (Å²) in [5, 5.41) is 7.27. The van der Waals surface area contributed by atoms with Gasteiger partial charge in [0, 0.05) is 41.6 Å². The summed E-state index contributed by atoms with van der Waals surface area (Å²) in [6.07, 6.45) is 2.19.